The molecule has 3 heterocycles. The summed E-state index contributed by atoms with van der Waals surface area (Å²) in [5.74, 6) is 3.43. The first-order chi connectivity index (χ1) is 18.1. The number of nitrogens with zero attached hydrogens (tertiary/aromatic N) is 3. The molecule has 2 aliphatic heterocycles. The van der Waals surface area contributed by atoms with Crippen LogP contribution in [-0.2, 0) is 11.3 Å². The number of hydrogen-bond donors (Lipinski definition) is 0. The van der Waals surface area contributed by atoms with E-state index in [0.29, 0.717) is 25.3 Å². The van der Waals surface area contributed by atoms with Crippen LogP contribution in [0.15, 0.2) is 60.7 Å². The van der Waals surface area contributed by atoms with Crippen molar-refractivity contribution in [2.24, 2.45) is 0 Å². The number of unbranched alkanes of at least 4 members (excludes halogenated alkanes) is 1. The zero-order valence-corrected chi connectivity index (χ0v) is 21.3. The summed E-state index contributed by atoms with van der Waals surface area (Å²) in [6, 6.07) is 20.1. The van der Waals surface area contributed by atoms with Crippen LogP contribution in [0.5, 0.6) is 17.2 Å². The first-order valence-corrected chi connectivity index (χ1v) is 12.9. The molecule has 37 heavy (non-hydrogen) atoms. The lowest BCUT2D eigenvalue weighted by molar-refractivity contribution is -0.117. The van der Waals surface area contributed by atoms with Gasteiger partial charge >= 0.3 is 0 Å². The summed E-state index contributed by atoms with van der Waals surface area (Å²) >= 11 is 0. The van der Waals surface area contributed by atoms with Gasteiger partial charge in [-0.3, -0.25) is 4.79 Å². The molecule has 0 N–H and O–H groups in total. The summed E-state index contributed by atoms with van der Waals surface area (Å²) in [7, 11) is 0. The molecule has 0 spiro atoms. The highest BCUT2D eigenvalue weighted by atomic mass is 16.7. The second-order valence-corrected chi connectivity index (χ2v) is 9.85. The van der Waals surface area contributed by atoms with Crippen molar-refractivity contribution < 1.29 is 19.0 Å². The van der Waals surface area contributed by atoms with E-state index in [1.54, 1.807) is 0 Å². The monoisotopic (exact) mass is 497 g/mol. The molecular weight excluding hydrogens is 466 g/mol. The van der Waals surface area contributed by atoms with Gasteiger partial charge in [0.2, 0.25) is 12.7 Å². The van der Waals surface area contributed by atoms with E-state index in [9.17, 15) is 4.79 Å². The SMILES string of the molecule is Cc1ccc(OCCCCn2c(C3CC(=O)N(c4ccc5c(c4)OCO5)C3)nc3ccccc32)cc1C. The predicted octanol–water partition coefficient (Wildman–Crippen LogP) is 5.76. The number of para-hydroxylation sites is 2. The van der Waals surface area contributed by atoms with Crippen LogP contribution in [0.25, 0.3) is 11.0 Å². The van der Waals surface area contributed by atoms with Gasteiger partial charge in [0.15, 0.2) is 11.5 Å². The molecule has 1 amide bonds. The number of hydrogen-bond acceptors (Lipinski definition) is 5. The van der Waals surface area contributed by atoms with E-state index in [1.807, 2.05) is 47.4 Å². The van der Waals surface area contributed by atoms with Gasteiger partial charge in [-0.15, -0.1) is 0 Å². The lowest BCUT2D eigenvalue weighted by Crippen LogP contribution is -2.24. The average molecular weight is 498 g/mol. The van der Waals surface area contributed by atoms with E-state index in [4.69, 9.17) is 19.2 Å². The van der Waals surface area contributed by atoms with Crippen molar-refractivity contribution >= 4 is 22.6 Å². The Kier molecular flexibility index (Phi) is 6.20. The Labute approximate surface area is 216 Å². The highest BCUT2D eigenvalue weighted by Crippen LogP contribution is 2.39. The number of rotatable bonds is 8. The topological polar surface area (TPSA) is 65.8 Å². The Balaban J connectivity index is 1.16. The van der Waals surface area contributed by atoms with Gasteiger partial charge < -0.3 is 23.7 Å². The molecule has 1 aromatic heterocycles. The number of anilines is 1. The number of carbonyl (C=O) groups is 1. The summed E-state index contributed by atoms with van der Waals surface area (Å²) < 4.78 is 19.2. The summed E-state index contributed by atoms with van der Waals surface area (Å²) in [5.41, 5.74) is 5.43. The fourth-order valence-electron chi connectivity index (χ4n) is 5.19. The van der Waals surface area contributed by atoms with Crippen LogP contribution in [0, 0.1) is 13.8 Å². The van der Waals surface area contributed by atoms with E-state index < -0.39 is 0 Å². The van der Waals surface area contributed by atoms with Gasteiger partial charge in [0.05, 0.1) is 17.6 Å². The van der Waals surface area contributed by atoms with Gasteiger partial charge in [-0.05, 0) is 74.2 Å². The van der Waals surface area contributed by atoms with E-state index in [0.717, 1.165) is 53.4 Å². The zero-order valence-electron chi connectivity index (χ0n) is 21.3. The molecule has 7 heteroatoms. The van der Waals surface area contributed by atoms with Crippen LogP contribution in [0.2, 0.25) is 0 Å². The van der Waals surface area contributed by atoms with Crippen molar-refractivity contribution in [2.75, 3.05) is 24.8 Å². The molecule has 4 aromatic rings. The fourth-order valence-corrected chi connectivity index (χ4v) is 5.19. The molecule has 0 bridgehead atoms. The van der Waals surface area contributed by atoms with Crippen LogP contribution >= 0.6 is 0 Å². The van der Waals surface area contributed by atoms with Gasteiger partial charge in [0.25, 0.3) is 0 Å². The molecule has 1 unspecified atom stereocenters. The minimum atomic E-state index is 0.0251. The summed E-state index contributed by atoms with van der Waals surface area (Å²) in [5, 5.41) is 0. The first kappa shape index (κ1) is 23.4. The van der Waals surface area contributed by atoms with Crippen LogP contribution in [0.1, 0.15) is 42.1 Å². The molecule has 7 nitrogen and oxygen atoms in total. The molecule has 1 atom stereocenters. The molecule has 6 rings (SSSR count). The smallest absolute Gasteiger partial charge is 0.231 e. The van der Waals surface area contributed by atoms with E-state index in [1.165, 1.54) is 11.1 Å². The number of ether oxygens (including phenoxy) is 3. The standard InChI is InChI=1S/C30H31N3O4/c1-20-9-11-24(15-21(20)2)35-14-6-5-13-32-26-8-4-3-7-25(26)31-30(32)22-16-29(34)33(18-22)23-10-12-27-28(17-23)37-19-36-27/h3-4,7-12,15,17,22H,5-6,13-14,16,18-19H2,1-2H3. The fraction of sp³-hybridized carbons (Fsp3) is 0.333. The quantitative estimate of drug-likeness (QED) is 0.290. The predicted molar refractivity (Wildman–Crippen MR) is 143 cm³/mol. The Morgan fingerprint density at radius 2 is 1.84 bits per heavy atom. The van der Waals surface area contributed by atoms with Crippen molar-refractivity contribution in [1.82, 2.24) is 9.55 Å². The Bertz CT molecular complexity index is 1460. The number of aryl methyl sites for hydroxylation is 3. The molecule has 0 saturated carbocycles. The molecule has 2 aliphatic rings. The van der Waals surface area contributed by atoms with Gasteiger partial charge in [-0.25, -0.2) is 4.98 Å². The lowest BCUT2D eigenvalue weighted by atomic mass is 10.1. The number of aromatic nitrogens is 2. The number of fused-ring (bicyclic) bond motifs is 2. The summed E-state index contributed by atoms with van der Waals surface area (Å²) in [6.45, 7) is 6.53. The summed E-state index contributed by atoms with van der Waals surface area (Å²) in [4.78, 5) is 19.9. The molecule has 1 saturated heterocycles. The molecule has 0 radical (unpaired) electrons. The lowest BCUT2D eigenvalue weighted by Gasteiger charge is -2.18. The maximum absolute atomic E-state index is 13.1. The van der Waals surface area contributed by atoms with Gasteiger partial charge in [-0.2, -0.15) is 0 Å². The number of amides is 1. The minimum Gasteiger partial charge on any atom is -0.494 e. The van der Waals surface area contributed by atoms with E-state index in [-0.39, 0.29) is 18.6 Å². The zero-order chi connectivity index (χ0) is 25.4. The van der Waals surface area contributed by atoms with Crippen molar-refractivity contribution in [3.8, 4) is 17.2 Å². The van der Waals surface area contributed by atoms with Crippen molar-refractivity contribution in [2.45, 2.75) is 45.6 Å². The largest absolute Gasteiger partial charge is 0.494 e. The molecule has 0 aliphatic carbocycles. The van der Waals surface area contributed by atoms with Crippen molar-refractivity contribution in [3.63, 3.8) is 0 Å². The normalized spacial score (nSPS) is 16.6. The Morgan fingerprint density at radius 3 is 2.73 bits per heavy atom. The highest BCUT2D eigenvalue weighted by molar-refractivity contribution is 5.97. The molecular formula is C30H31N3O4. The van der Waals surface area contributed by atoms with Crippen molar-refractivity contribution in [3.05, 3.63) is 77.6 Å². The Morgan fingerprint density at radius 1 is 0.973 bits per heavy atom. The van der Waals surface area contributed by atoms with Crippen LogP contribution < -0.4 is 19.1 Å². The minimum absolute atomic E-state index is 0.0251. The first-order valence-electron chi connectivity index (χ1n) is 12.9. The van der Waals surface area contributed by atoms with Gasteiger partial charge in [0.1, 0.15) is 11.6 Å². The van der Waals surface area contributed by atoms with Crippen LogP contribution in [0.4, 0.5) is 5.69 Å². The maximum Gasteiger partial charge on any atom is 0.231 e. The van der Waals surface area contributed by atoms with E-state index in [2.05, 4.69) is 36.6 Å². The molecule has 190 valence electrons. The third-order valence-corrected chi connectivity index (χ3v) is 7.37. The average Bonchev–Trinajstić information content (AvgIpc) is 3.62. The van der Waals surface area contributed by atoms with Gasteiger partial charge in [-0.1, -0.05) is 18.2 Å². The third kappa shape index (κ3) is 4.61. The maximum atomic E-state index is 13.1. The highest BCUT2D eigenvalue weighted by Gasteiger charge is 2.35. The van der Waals surface area contributed by atoms with Crippen LogP contribution in [-0.4, -0.2) is 35.4 Å². The summed E-state index contributed by atoms with van der Waals surface area (Å²) in [6.07, 6.45) is 2.34. The van der Waals surface area contributed by atoms with Crippen molar-refractivity contribution in [1.29, 1.82) is 0 Å². The third-order valence-electron chi connectivity index (χ3n) is 7.37. The van der Waals surface area contributed by atoms with Gasteiger partial charge in [0, 0.05) is 37.2 Å². The van der Waals surface area contributed by atoms with Crippen LogP contribution in [0.3, 0.4) is 0 Å². The van der Waals surface area contributed by atoms with E-state index >= 15 is 0 Å². The second-order valence-electron chi connectivity index (χ2n) is 9.85. The Hall–Kier alpha value is -4.00. The number of imidazole rings is 1. The second kappa shape index (κ2) is 9.81. The number of carbonyl (C=O) groups excluding carboxylic acids is 1. The molecule has 1 fully saturated rings. The molecule has 3 aromatic carbocycles. The number of benzene rings is 3.